The number of carbonyl (C=O) groups excluding carboxylic acids is 1. The van der Waals surface area contributed by atoms with Crippen LogP contribution >= 0.6 is 11.3 Å². The van der Waals surface area contributed by atoms with E-state index in [9.17, 15) is 17.6 Å². The zero-order valence-corrected chi connectivity index (χ0v) is 17.9. The summed E-state index contributed by atoms with van der Waals surface area (Å²) >= 11 is 1.59. The molecule has 0 N–H and O–H groups in total. The third-order valence-electron chi connectivity index (χ3n) is 5.06. The lowest BCUT2D eigenvalue weighted by Crippen LogP contribution is -2.45. The Bertz CT molecular complexity index is 910. The van der Waals surface area contributed by atoms with Gasteiger partial charge in [-0.3, -0.25) is 4.79 Å². The average molecular weight is 441 g/mol. The van der Waals surface area contributed by atoms with Crippen LogP contribution in [0.15, 0.2) is 46.7 Å². The summed E-state index contributed by atoms with van der Waals surface area (Å²) in [5, 5.41) is 1.97. The fraction of sp³-hybridized carbons (Fsp3) is 0.450. The summed E-state index contributed by atoms with van der Waals surface area (Å²) in [5.74, 6) is -0.996. The van der Waals surface area contributed by atoms with Crippen LogP contribution in [-0.4, -0.2) is 56.9 Å². The number of nitrogens with zero attached hydrogens (tertiary/aromatic N) is 2. The van der Waals surface area contributed by atoms with Gasteiger partial charge in [0.05, 0.1) is 13.2 Å². The van der Waals surface area contributed by atoms with Gasteiger partial charge in [-0.1, -0.05) is 18.2 Å². The molecule has 0 spiro atoms. The number of amides is 1. The lowest BCUT2D eigenvalue weighted by Gasteiger charge is -2.33. The summed E-state index contributed by atoms with van der Waals surface area (Å²) in [6, 6.07) is 9.31. The molecule has 1 aliphatic heterocycles. The number of methoxy groups -OCH3 is 1. The van der Waals surface area contributed by atoms with Crippen LogP contribution < -0.4 is 0 Å². The van der Waals surface area contributed by atoms with Crippen molar-refractivity contribution in [2.45, 2.75) is 24.3 Å². The Morgan fingerprint density at radius 3 is 2.59 bits per heavy atom. The molecule has 0 unspecified atom stereocenters. The summed E-state index contributed by atoms with van der Waals surface area (Å²) < 4.78 is 45.9. The van der Waals surface area contributed by atoms with E-state index in [0.717, 1.165) is 10.9 Å². The van der Waals surface area contributed by atoms with Crippen molar-refractivity contribution in [2.75, 3.05) is 33.4 Å². The monoisotopic (exact) mass is 440 g/mol. The SMILES string of the molecule is COCCN(Cc1cccs1)C(=O)C1CCN(S(=O)(=O)c2ccccc2F)CC1. The van der Waals surface area contributed by atoms with E-state index in [0.29, 0.717) is 32.5 Å². The number of hydrogen-bond acceptors (Lipinski definition) is 5. The average Bonchev–Trinajstić information content (AvgIpc) is 3.24. The number of carbonyl (C=O) groups is 1. The highest BCUT2D eigenvalue weighted by Gasteiger charge is 2.34. The normalized spacial score (nSPS) is 16.1. The number of benzene rings is 1. The Kier molecular flexibility index (Phi) is 7.39. The van der Waals surface area contributed by atoms with Crippen molar-refractivity contribution in [2.24, 2.45) is 5.92 Å². The summed E-state index contributed by atoms with van der Waals surface area (Å²) in [6.45, 7) is 1.85. The first-order valence-electron chi connectivity index (χ1n) is 9.48. The first-order valence-corrected chi connectivity index (χ1v) is 11.8. The van der Waals surface area contributed by atoms with Gasteiger partial charge in [0, 0.05) is 37.5 Å². The molecule has 158 valence electrons. The van der Waals surface area contributed by atoms with Gasteiger partial charge in [-0.2, -0.15) is 4.31 Å². The summed E-state index contributed by atoms with van der Waals surface area (Å²) in [4.78, 5) is 15.6. The van der Waals surface area contributed by atoms with Crippen LogP contribution in [0.5, 0.6) is 0 Å². The topological polar surface area (TPSA) is 66.9 Å². The molecule has 3 rings (SSSR count). The Morgan fingerprint density at radius 1 is 1.24 bits per heavy atom. The molecule has 1 amide bonds. The summed E-state index contributed by atoms with van der Waals surface area (Å²) in [7, 11) is -2.31. The first-order chi connectivity index (χ1) is 13.9. The molecule has 9 heteroatoms. The second-order valence-corrected chi connectivity index (χ2v) is 9.88. The minimum Gasteiger partial charge on any atom is -0.383 e. The molecule has 1 saturated heterocycles. The van der Waals surface area contributed by atoms with E-state index in [1.807, 2.05) is 17.5 Å². The fourth-order valence-electron chi connectivity index (χ4n) is 3.45. The molecule has 2 aromatic rings. The maximum absolute atomic E-state index is 14.0. The van der Waals surface area contributed by atoms with E-state index in [-0.39, 0.29) is 29.8 Å². The number of thiophene rings is 1. The van der Waals surface area contributed by atoms with E-state index >= 15 is 0 Å². The highest BCUT2D eigenvalue weighted by molar-refractivity contribution is 7.89. The Morgan fingerprint density at radius 2 is 1.97 bits per heavy atom. The highest BCUT2D eigenvalue weighted by atomic mass is 32.2. The predicted octanol–water partition coefficient (Wildman–Crippen LogP) is 2.96. The minimum absolute atomic E-state index is 0.0124. The van der Waals surface area contributed by atoms with Crippen molar-refractivity contribution < 1.29 is 22.3 Å². The number of ether oxygens (including phenoxy) is 1. The van der Waals surface area contributed by atoms with Gasteiger partial charge in [0.15, 0.2) is 0 Å². The molecule has 0 aliphatic carbocycles. The Balaban J connectivity index is 1.65. The minimum atomic E-state index is -3.90. The smallest absolute Gasteiger partial charge is 0.245 e. The maximum atomic E-state index is 14.0. The molecule has 1 aliphatic rings. The molecule has 0 saturated carbocycles. The van der Waals surface area contributed by atoms with Crippen molar-refractivity contribution in [1.82, 2.24) is 9.21 Å². The molecular weight excluding hydrogens is 415 g/mol. The Hall–Kier alpha value is -1.81. The zero-order chi connectivity index (χ0) is 20.9. The highest BCUT2D eigenvalue weighted by Crippen LogP contribution is 2.27. The Labute approximate surface area is 174 Å². The molecule has 1 fully saturated rings. The van der Waals surface area contributed by atoms with E-state index in [4.69, 9.17) is 4.74 Å². The largest absolute Gasteiger partial charge is 0.383 e. The van der Waals surface area contributed by atoms with Crippen LogP contribution in [-0.2, 0) is 26.1 Å². The quantitative estimate of drug-likeness (QED) is 0.633. The molecule has 0 atom stereocenters. The van der Waals surface area contributed by atoms with Gasteiger partial charge in [0.25, 0.3) is 0 Å². The first kappa shape index (κ1) is 21.9. The summed E-state index contributed by atoms with van der Waals surface area (Å²) in [6.07, 6.45) is 0.834. The lowest BCUT2D eigenvalue weighted by atomic mass is 9.96. The number of hydrogen-bond donors (Lipinski definition) is 0. The van der Waals surface area contributed by atoms with Crippen molar-refractivity contribution in [1.29, 1.82) is 0 Å². The van der Waals surface area contributed by atoms with Gasteiger partial charge in [0.1, 0.15) is 10.7 Å². The van der Waals surface area contributed by atoms with Crippen LogP contribution in [0, 0.1) is 11.7 Å². The number of sulfonamides is 1. The second-order valence-electron chi connectivity index (χ2n) is 6.94. The van der Waals surface area contributed by atoms with Crippen LogP contribution in [0.4, 0.5) is 4.39 Å². The van der Waals surface area contributed by atoms with Crippen molar-refractivity contribution >= 4 is 27.3 Å². The summed E-state index contributed by atoms with van der Waals surface area (Å²) in [5.41, 5.74) is 0. The molecule has 0 radical (unpaired) electrons. The molecular formula is C20H25FN2O4S2. The van der Waals surface area contributed by atoms with Gasteiger partial charge in [-0.05, 0) is 36.4 Å². The predicted molar refractivity (Wildman–Crippen MR) is 109 cm³/mol. The van der Waals surface area contributed by atoms with Crippen LogP contribution in [0.25, 0.3) is 0 Å². The molecule has 1 aromatic carbocycles. The van der Waals surface area contributed by atoms with Crippen molar-refractivity contribution in [3.63, 3.8) is 0 Å². The van der Waals surface area contributed by atoms with E-state index in [1.54, 1.807) is 23.3 Å². The van der Waals surface area contributed by atoms with E-state index in [2.05, 4.69) is 0 Å². The number of halogens is 1. The third-order valence-corrected chi connectivity index (χ3v) is 7.85. The molecule has 29 heavy (non-hydrogen) atoms. The number of rotatable bonds is 8. The number of piperidine rings is 1. The van der Waals surface area contributed by atoms with Crippen LogP contribution in [0.1, 0.15) is 17.7 Å². The van der Waals surface area contributed by atoms with Gasteiger partial charge < -0.3 is 9.64 Å². The van der Waals surface area contributed by atoms with Gasteiger partial charge >= 0.3 is 0 Å². The van der Waals surface area contributed by atoms with E-state index in [1.165, 1.54) is 22.5 Å². The van der Waals surface area contributed by atoms with Crippen LogP contribution in [0.2, 0.25) is 0 Å². The van der Waals surface area contributed by atoms with Crippen LogP contribution in [0.3, 0.4) is 0 Å². The standard InChI is InChI=1S/C20H25FN2O4S2/c1-27-13-12-22(15-17-5-4-14-28-17)20(24)16-8-10-23(11-9-16)29(25,26)19-7-3-2-6-18(19)21/h2-7,14,16H,8-13,15H2,1H3. The molecule has 0 bridgehead atoms. The van der Waals surface area contributed by atoms with E-state index < -0.39 is 15.8 Å². The van der Waals surface area contributed by atoms with Gasteiger partial charge in [-0.15, -0.1) is 11.3 Å². The van der Waals surface area contributed by atoms with Crippen molar-refractivity contribution in [3.8, 4) is 0 Å². The molecule has 1 aromatic heterocycles. The maximum Gasteiger partial charge on any atom is 0.245 e. The molecule has 6 nitrogen and oxygen atoms in total. The second kappa shape index (κ2) is 9.80. The molecule has 2 heterocycles. The van der Waals surface area contributed by atoms with Gasteiger partial charge in [0.2, 0.25) is 15.9 Å². The zero-order valence-electron chi connectivity index (χ0n) is 16.3. The van der Waals surface area contributed by atoms with Gasteiger partial charge in [-0.25, -0.2) is 12.8 Å². The fourth-order valence-corrected chi connectivity index (χ4v) is 5.71. The van der Waals surface area contributed by atoms with Crippen molar-refractivity contribution in [3.05, 3.63) is 52.5 Å². The lowest BCUT2D eigenvalue weighted by molar-refractivity contribution is -0.138. The third kappa shape index (κ3) is 5.22.